The van der Waals surface area contributed by atoms with Gasteiger partial charge in [0.25, 0.3) is 0 Å². The van der Waals surface area contributed by atoms with E-state index in [1.807, 2.05) is 20.8 Å². The molecule has 0 aromatic carbocycles. The molecule has 0 radical (unpaired) electrons. The lowest BCUT2D eigenvalue weighted by atomic mass is 9.96. The van der Waals surface area contributed by atoms with Crippen molar-refractivity contribution in [2.75, 3.05) is 39.4 Å². The molecule has 4 nitrogen and oxygen atoms in total. The molecule has 15 heavy (non-hydrogen) atoms. The Morgan fingerprint density at radius 3 is 2.47 bits per heavy atom. The Hall–Kier alpha value is -0.610. The minimum Gasteiger partial charge on any atom is -0.379 e. The molecule has 1 heterocycles. The van der Waals surface area contributed by atoms with E-state index >= 15 is 0 Å². The summed E-state index contributed by atoms with van der Waals surface area (Å²) >= 11 is 0. The molecule has 0 atom stereocenters. The Bertz CT molecular complexity index is 205. The summed E-state index contributed by atoms with van der Waals surface area (Å²) in [5.74, 6) is 0.121. The standard InChI is InChI=1S/C11H22N2O2/c1-11(2,3)10(14)12-4-5-13-6-8-15-9-7-13/h4-9H2,1-3H3,(H,12,14). The minimum absolute atomic E-state index is 0.121. The summed E-state index contributed by atoms with van der Waals surface area (Å²) in [6.07, 6.45) is 0. The van der Waals surface area contributed by atoms with Crippen LogP contribution in [0.1, 0.15) is 20.8 Å². The number of hydrogen-bond donors (Lipinski definition) is 1. The number of morpholine rings is 1. The molecule has 0 spiro atoms. The maximum atomic E-state index is 11.6. The highest BCUT2D eigenvalue weighted by molar-refractivity contribution is 5.81. The van der Waals surface area contributed by atoms with Gasteiger partial charge < -0.3 is 10.1 Å². The summed E-state index contributed by atoms with van der Waals surface area (Å²) < 4.78 is 5.25. The number of hydrogen-bond acceptors (Lipinski definition) is 3. The Morgan fingerprint density at radius 2 is 1.93 bits per heavy atom. The molecule has 1 amide bonds. The molecule has 1 fully saturated rings. The zero-order valence-electron chi connectivity index (χ0n) is 10.0. The fourth-order valence-electron chi connectivity index (χ4n) is 1.42. The normalized spacial score (nSPS) is 18.9. The molecule has 0 aromatic heterocycles. The molecule has 4 heteroatoms. The lowest BCUT2D eigenvalue weighted by molar-refractivity contribution is -0.128. The van der Waals surface area contributed by atoms with Crippen molar-refractivity contribution in [2.45, 2.75) is 20.8 Å². The van der Waals surface area contributed by atoms with Gasteiger partial charge in [0.15, 0.2) is 0 Å². The van der Waals surface area contributed by atoms with Crippen LogP contribution < -0.4 is 5.32 Å². The largest absolute Gasteiger partial charge is 0.379 e. The lowest BCUT2D eigenvalue weighted by Gasteiger charge is -2.27. The monoisotopic (exact) mass is 214 g/mol. The van der Waals surface area contributed by atoms with Crippen LogP contribution in [0.5, 0.6) is 0 Å². The van der Waals surface area contributed by atoms with Gasteiger partial charge >= 0.3 is 0 Å². The first-order valence-corrected chi connectivity index (χ1v) is 5.58. The summed E-state index contributed by atoms with van der Waals surface area (Å²) in [5.41, 5.74) is -0.287. The quantitative estimate of drug-likeness (QED) is 0.743. The third-order valence-corrected chi connectivity index (χ3v) is 2.50. The highest BCUT2D eigenvalue weighted by Crippen LogP contribution is 2.11. The molecule has 0 saturated carbocycles. The summed E-state index contributed by atoms with van der Waals surface area (Å²) in [6.45, 7) is 11.0. The van der Waals surface area contributed by atoms with Crippen molar-refractivity contribution < 1.29 is 9.53 Å². The van der Waals surface area contributed by atoms with E-state index in [-0.39, 0.29) is 11.3 Å². The van der Waals surface area contributed by atoms with Crippen LogP contribution in [0.2, 0.25) is 0 Å². The van der Waals surface area contributed by atoms with E-state index in [1.54, 1.807) is 0 Å². The van der Waals surface area contributed by atoms with Crippen molar-refractivity contribution in [1.82, 2.24) is 10.2 Å². The fourth-order valence-corrected chi connectivity index (χ4v) is 1.42. The van der Waals surface area contributed by atoms with Gasteiger partial charge in [0, 0.05) is 31.6 Å². The van der Waals surface area contributed by atoms with Gasteiger partial charge in [0.2, 0.25) is 5.91 Å². The predicted molar refractivity (Wildman–Crippen MR) is 59.7 cm³/mol. The van der Waals surface area contributed by atoms with Crippen molar-refractivity contribution in [3.63, 3.8) is 0 Å². The Balaban J connectivity index is 2.12. The first-order chi connectivity index (χ1) is 7.00. The van der Waals surface area contributed by atoms with Gasteiger partial charge in [-0.2, -0.15) is 0 Å². The fraction of sp³-hybridized carbons (Fsp3) is 0.909. The van der Waals surface area contributed by atoms with E-state index in [2.05, 4.69) is 10.2 Å². The van der Waals surface area contributed by atoms with Gasteiger partial charge in [0.1, 0.15) is 0 Å². The maximum absolute atomic E-state index is 11.6. The van der Waals surface area contributed by atoms with Gasteiger partial charge in [-0.05, 0) is 0 Å². The number of nitrogens with one attached hydrogen (secondary N) is 1. The van der Waals surface area contributed by atoms with E-state index in [1.165, 1.54) is 0 Å². The van der Waals surface area contributed by atoms with Crippen LogP contribution in [0.25, 0.3) is 0 Å². The predicted octanol–water partition coefficient (Wildman–Crippen LogP) is 0.481. The molecule has 1 N–H and O–H groups in total. The average molecular weight is 214 g/mol. The van der Waals surface area contributed by atoms with E-state index < -0.39 is 0 Å². The van der Waals surface area contributed by atoms with Gasteiger partial charge in [-0.25, -0.2) is 0 Å². The molecule has 1 aliphatic rings. The first kappa shape index (κ1) is 12.5. The van der Waals surface area contributed by atoms with Crippen LogP contribution in [-0.2, 0) is 9.53 Å². The maximum Gasteiger partial charge on any atom is 0.225 e. The number of amides is 1. The Kier molecular flexibility index (Phi) is 4.54. The van der Waals surface area contributed by atoms with Crippen molar-refractivity contribution >= 4 is 5.91 Å². The number of carbonyl (C=O) groups is 1. The molecule has 0 bridgehead atoms. The summed E-state index contributed by atoms with van der Waals surface area (Å²) in [6, 6.07) is 0. The van der Waals surface area contributed by atoms with Crippen LogP contribution >= 0.6 is 0 Å². The minimum atomic E-state index is -0.287. The van der Waals surface area contributed by atoms with Crippen molar-refractivity contribution in [1.29, 1.82) is 0 Å². The molecular weight excluding hydrogens is 192 g/mol. The first-order valence-electron chi connectivity index (χ1n) is 5.58. The van der Waals surface area contributed by atoms with E-state index in [0.29, 0.717) is 0 Å². The Labute approximate surface area is 92.0 Å². The van der Waals surface area contributed by atoms with Gasteiger partial charge in [-0.1, -0.05) is 20.8 Å². The summed E-state index contributed by atoms with van der Waals surface area (Å²) in [4.78, 5) is 13.9. The van der Waals surface area contributed by atoms with Crippen LogP contribution in [0.15, 0.2) is 0 Å². The second-order valence-electron chi connectivity index (χ2n) is 4.96. The van der Waals surface area contributed by atoms with Crippen LogP contribution in [0.3, 0.4) is 0 Å². The lowest BCUT2D eigenvalue weighted by Crippen LogP contribution is -2.43. The topological polar surface area (TPSA) is 41.6 Å². The molecule has 1 aliphatic heterocycles. The van der Waals surface area contributed by atoms with Gasteiger partial charge in [-0.15, -0.1) is 0 Å². The number of nitrogens with zero attached hydrogens (tertiary/aromatic N) is 1. The third kappa shape index (κ3) is 4.62. The summed E-state index contributed by atoms with van der Waals surface area (Å²) in [7, 11) is 0. The van der Waals surface area contributed by atoms with Gasteiger partial charge in [0.05, 0.1) is 13.2 Å². The molecular formula is C11H22N2O2. The Morgan fingerprint density at radius 1 is 1.33 bits per heavy atom. The third-order valence-electron chi connectivity index (χ3n) is 2.50. The summed E-state index contributed by atoms with van der Waals surface area (Å²) in [5, 5.41) is 2.95. The van der Waals surface area contributed by atoms with Crippen molar-refractivity contribution in [2.24, 2.45) is 5.41 Å². The molecule has 0 aromatic rings. The SMILES string of the molecule is CC(C)(C)C(=O)NCCN1CCOCC1. The van der Waals surface area contributed by atoms with E-state index in [0.717, 1.165) is 39.4 Å². The van der Waals surface area contributed by atoms with Crippen LogP contribution in [0.4, 0.5) is 0 Å². The number of carbonyl (C=O) groups excluding carboxylic acids is 1. The number of ether oxygens (including phenoxy) is 1. The highest BCUT2D eigenvalue weighted by atomic mass is 16.5. The van der Waals surface area contributed by atoms with Crippen molar-refractivity contribution in [3.8, 4) is 0 Å². The second kappa shape index (κ2) is 5.47. The molecule has 1 saturated heterocycles. The molecule has 88 valence electrons. The molecule has 0 unspecified atom stereocenters. The molecule has 1 rings (SSSR count). The highest BCUT2D eigenvalue weighted by Gasteiger charge is 2.20. The zero-order chi connectivity index (χ0) is 11.3. The zero-order valence-corrected chi connectivity index (χ0v) is 10.0. The van der Waals surface area contributed by atoms with Gasteiger partial charge in [-0.3, -0.25) is 9.69 Å². The van der Waals surface area contributed by atoms with Crippen LogP contribution in [-0.4, -0.2) is 50.2 Å². The average Bonchev–Trinajstić information content (AvgIpc) is 2.18. The number of rotatable bonds is 3. The second-order valence-corrected chi connectivity index (χ2v) is 4.96. The van der Waals surface area contributed by atoms with Crippen molar-refractivity contribution in [3.05, 3.63) is 0 Å². The van der Waals surface area contributed by atoms with E-state index in [4.69, 9.17) is 4.74 Å². The smallest absolute Gasteiger partial charge is 0.225 e. The van der Waals surface area contributed by atoms with E-state index in [9.17, 15) is 4.79 Å². The van der Waals surface area contributed by atoms with Crippen LogP contribution in [0, 0.1) is 5.41 Å². The molecule has 0 aliphatic carbocycles.